The van der Waals surface area contributed by atoms with Gasteiger partial charge in [0, 0.05) is 0 Å². The van der Waals surface area contributed by atoms with Gasteiger partial charge in [-0.3, -0.25) is 4.79 Å². The van der Waals surface area contributed by atoms with Crippen molar-refractivity contribution in [2.24, 2.45) is 50.2 Å². The molecular formula is C59H96O27. The molecule has 0 bridgehead atoms. The van der Waals surface area contributed by atoms with E-state index >= 15 is 4.79 Å². The molecular weight excluding hydrogens is 1140 g/mol. The Morgan fingerprint density at radius 1 is 0.523 bits per heavy atom. The molecule has 10 aliphatic rings. The van der Waals surface area contributed by atoms with Gasteiger partial charge in [-0.2, -0.15) is 0 Å². The number of carbonyl (C=O) groups is 1. The Bertz CT molecular complexity index is 2380. The van der Waals surface area contributed by atoms with Crippen LogP contribution in [0.2, 0.25) is 0 Å². The maximum absolute atomic E-state index is 15.2. The van der Waals surface area contributed by atoms with Crippen LogP contribution in [-0.4, -0.2) is 274 Å². The third-order valence-corrected chi connectivity index (χ3v) is 23.1. The number of aliphatic hydroxyl groups is 16. The summed E-state index contributed by atoms with van der Waals surface area (Å²) in [5, 5.41) is 171. The first kappa shape index (κ1) is 67.1. The zero-order valence-electron chi connectivity index (χ0n) is 50.0. The van der Waals surface area contributed by atoms with E-state index in [0.717, 1.165) is 12.8 Å². The van der Waals surface area contributed by atoms with Crippen LogP contribution in [0.4, 0.5) is 0 Å². The van der Waals surface area contributed by atoms with Crippen LogP contribution in [0.15, 0.2) is 11.6 Å². The summed E-state index contributed by atoms with van der Waals surface area (Å²) in [4.78, 5) is 15.2. The van der Waals surface area contributed by atoms with Gasteiger partial charge in [-0.15, -0.1) is 0 Å². The van der Waals surface area contributed by atoms with E-state index in [0.29, 0.717) is 51.4 Å². The minimum atomic E-state index is -1.92. The van der Waals surface area contributed by atoms with Crippen LogP contribution in [-0.2, 0) is 52.2 Å². The molecule has 27 heteroatoms. The van der Waals surface area contributed by atoms with Crippen molar-refractivity contribution in [3.05, 3.63) is 11.6 Å². The van der Waals surface area contributed by atoms with Crippen LogP contribution < -0.4 is 0 Å². The summed E-state index contributed by atoms with van der Waals surface area (Å²) in [5.41, 5.74) is -1.63. The zero-order valence-corrected chi connectivity index (χ0v) is 50.0. The van der Waals surface area contributed by atoms with E-state index < -0.39 is 209 Å². The first-order chi connectivity index (χ1) is 40.3. The van der Waals surface area contributed by atoms with Crippen molar-refractivity contribution in [2.75, 3.05) is 33.0 Å². The van der Waals surface area contributed by atoms with Crippen molar-refractivity contribution >= 4 is 5.97 Å². The Kier molecular flexibility index (Phi) is 19.4. The average Bonchev–Trinajstić information content (AvgIpc) is 0.700. The molecule has 5 heterocycles. The largest absolute Gasteiger partial charge is 0.432 e. The van der Waals surface area contributed by atoms with Crippen molar-refractivity contribution in [3.63, 3.8) is 0 Å². The van der Waals surface area contributed by atoms with Gasteiger partial charge in [0.15, 0.2) is 25.2 Å². The molecule has 0 aromatic carbocycles. The summed E-state index contributed by atoms with van der Waals surface area (Å²) < 4.78 is 60.4. The SMILES string of the molecule is CC1(C)CC[C@]2(C(=O)O[C@@H]3O[C@H](CO[C@@H]4O[C@H](CO)[C@@H](O)[C@H](O)[C@H]4O)[C@@H](O)[C@H](O)[C@H]3O)CC[C@]3(C)C(=CC[C@@H]4[C@@]5(C)CC[C@H](O[C@@H]6O[C@H](CO)[C@@H](O)[C@H](O[C@@H]7O[C@H](CO)[C@@H](O)[C@H](O)[C@H]7O)[C@H]6O[C@@H]6OC[C@@H](O)[C@H](O)[C@H]6O)C(C)(C)[C@@H]5CC[C@]43C)[C@@H]2C1. The van der Waals surface area contributed by atoms with Crippen molar-refractivity contribution in [3.8, 4) is 0 Å². The molecule has 0 radical (unpaired) electrons. The lowest BCUT2D eigenvalue weighted by atomic mass is 9.33. The van der Waals surface area contributed by atoms with E-state index in [-0.39, 0.29) is 34.0 Å². The van der Waals surface area contributed by atoms with Gasteiger partial charge in [-0.25, -0.2) is 0 Å². The number of aliphatic hydroxyl groups excluding tert-OH is 16. The predicted molar refractivity (Wildman–Crippen MR) is 289 cm³/mol. The van der Waals surface area contributed by atoms with Gasteiger partial charge in [-0.05, 0) is 109 Å². The fourth-order valence-electron chi connectivity index (χ4n) is 17.6. The Morgan fingerprint density at radius 3 is 1.70 bits per heavy atom. The van der Waals surface area contributed by atoms with Crippen LogP contribution in [0.25, 0.3) is 0 Å². The summed E-state index contributed by atoms with van der Waals surface area (Å²) >= 11 is 0. The van der Waals surface area contributed by atoms with Crippen LogP contribution in [0, 0.1) is 50.2 Å². The first-order valence-electron chi connectivity index (χ1n) is 30.7. The molecule has 0 amide bonds. The molecule has 0 aromatic rings. The molecule has 86 heavy (non-hydrogen) atoms. The lowest BCUT2D eigenvalue weighted by molar-refractivity contribution is -0.395. The summed E-state index contributed by atoms with van der Waals surface area (Å²) in [7, 11) is 0. The van der Waals surface area contributed by atoms with Gasteiger partial charge in [0.05, 0.1) is 44.6 Å². The van der Waals surface area contributed by atoms with Crippen molar-refractivity contribution in [2.45, 2.75) is 266 Å². The Balaban J connectivity index is 0.885. The third kappa shape index (κ3) is 11.3. The maximum Gasteiger partial charge on any atom is 0.315 e. The molecule has 5 aliphatic heterocycles. The summed E-state index contributed by atoms with van der Waals surface area (Å²) in [6, 6.07) is 0. The van der Waals surface area contributed by atoms with Crippen LogP contribution in [0.3, 0.4) is 0 Å². The highest BCUT2D eigenvalue weighted by molar-refractivity contribution is 5.79. The normalized spacial score (nSPS) is 53.6. The highest BCUT2D eigenvalue weighted by Gasteiger charge is 2.70. The number of fused-ring (bicyclic) bond motifs is 7. The molecule has 5 saturated heterocycles. The number of hydrogen-bond acceptors (Lipinski definition) is 27. The molecule has 4 saturated carbocycles. The molecule has 16 N–H and O–H groups in total. The topological polar surface area (TPSA) is 433 Å². The number of hydrogen-bond donors (Lipinski definition) is 16. The Labute approximate surface area is 499 Å². The number of esters is 1. The monoisotopic (exact) mass is 1240 g/mol. The van der Waals surface area contributed by atoms with E-state index in [4.69, 9.17) is 47.4 Å². The lowest BCUT2D eigenvalue weighted by Gasteiger charge is -2.71. The Hall–Kier alpha value is -1.79. The molecule has 494 valence electrons. The molecule has 0 aromatic heterocycles. The second-order valence-electron chi connectivity index (χ2n) is 28.7. The van der Waals surface area contributed by atoms with Crippen LogP contribution in [0.1, 0.15) is 113 Å². The van der Waals surface area contributed by atoms with E-state index in [1.54, 1.807) is 0 Å². The summed E-state index contributed by atoms with van der Waals surface area (Å²) in [6.07, 6.45) is -31.9. The van der Waals surface area contributed by atoms with Gasteiger partial charge in [-0.1, -0.05) is 60.1 Å². The second kappa shape index (κ2) is 24.9. The molecule has 0 unspecified atom stereocenters. The zero-order chi connectivity index (χ0) is 62.7. The van der Waals surface area contributed by atoms with Gasteiger partial charge < -0.3 is 129 Å². The van der Waals surface area contributed by atoms with Crippen LogP contribution in [0.5, 0.6) is 0 Å². The molecule has 0 spiro atoms. The van der Waals surface area contributed by atoms with Crippen molar-refractivity contribution < 1.29 is 134 Å². The minimum Gasteiger partial charge on any atom is -0.432 e. The highest BCUT2D eigenvalue weighted by atomic mass is 16.8. The van der Waals surface area contributed by atoms with Crippen LogP contribution >= 0.6 is 0 Å². The predicted octanol–water partition coefficient (Wildman–Crippen LogP) is -3.57. The lowest BCUT2D eigenvalue weighted by Crippen LogP contribution is -2.68. The van der Waals surface area contributed by atoms with Crippen molar-refractivity contribution in [1.82, 2.24) is 0 Å². The van der Waals surface area contributed by atoms with Gasteiger partial charge >= 0.3 is 5.97 Å². The fourth-order valence-corrected chi connectivity index (χ4v) is 17.6. The molecule has 5 aliphatic carbocycles. The van der Waals surface area contributed by atoms with Gasteiger partial charge in [0.25, 0.3) is 0 Å². The number of ether oxygens (including phenoxy) is 10. The Morgan fingerprint density at radius 2 is 1.06 bits per heavy atom. The van der Waals surface area contributed by atoms with E-state index in [9.17, 15) is 81.7 Å². The van der Waals surface area contributed by atoms with E-state index in [2.05, 4.69) is 54.5 Å². The molecule has 9 fully saturated rings. The van der Waals surface area contributed by atoms with E-state index in [1.165, 1.54) is 5.57 Å². The number of carbonyl (C=O) groups excluding carboxylic acids is 1. The van der Waals surface area contributed by atoms with Gasteiger partial charge in [0.2, 0.25) is 6.29 Å². The molecule has 10 rings (SSSR count). The fraction of sp³-hybridized carbons (Fsp3) is 0.949. The maximum atomic E-state index is 15.2. The highest BCUT2D eigenvalue weighted by Crippen LogP contribution is 2.76. The smallest absolute Gasteiger partial charge is 0.315 e. The summed E-state index contributed by atoms with van der Waals surface area (Å²) in [5.74, 6) is -0.719. The number of allylic oxidation sites excluding steroid dienone is 2. The second-order valence-corrected chi connectivity index (χ2v) is 28.7. The third-order valence-electron chi connectivity index (χ3n) is 23.1. The molecule has 27 nitrogen and oxygen atoms in total. The number of rotatable bonds is 14. The minimum absolute atomic E-state index is 0.0300. The quantitative estimate of drug-likeness (QED) is 0.0454. The van der Waals surface area contributed by atoms with Gasteiger partial charge in [0.1, 0.15) is 116 Å². The summed E-state index contributed by atoms with van der Waals surface area (Å²) in [6.45, 7) is 12.4. The molecule has 32 atom stereocenters. The standard InChI is InChI=1S/C59H96O27/c1-54(2)14-16-59(53(76)86-51-45(75)41(71)37(67)30(82-51)23-78-48-43(73)39(69)35(65)27(19-60)79-48)17-15-57(6)24(25(59)18-54)8-9-32-56(5)12-11-33(55(3,4)31(56)10-13-58(32,57)7)83-52-47(85-49-42(72)34(64)26(63)22-77-49)46(38(68)29(21-62)81-52)84-50-44(74)40(70)36(66)28(20-61)80-50/h8,25-52,60-75H,9-23H2,1-7H3/t25-,26+,27+,28+,29+,30+,31-,32+,33-,34-,35+,36+,37+,38+,39-,40-,41-,42+,43+,44+,45+,46-,47+,48+,49-,50-,51-,52-,56-,57+,58+,59-/m0/s1. The van der Waals surface area contributed by atoms with Crippen molar-refractivity contribution in [1.29, 1.82) is 0 Å². The average molecular weight is 1240 g/mol. The first-order valence-corrected chi connectivity index (χ1v) is 30.7. The van der Waals surface area contributed by atoms with E-state index in [1.807, 2.05) is 0 Å².